The molecular weight excluding hydrogens is 240 g/mol. The van der Waals surface area contributed by atoms with E-state index in [-0.39, 0.29) is 6.03 Å². The van der Waals surface area contributed by atoms with Crippen molar-refractivity contribution in [2.75, 3.05) is 25.9 Å². The maximum atomic E-state index is 11.8. The second kappa shape index (κ2) is 6.74. The van der Waals surface area contributed by atoms with Crippen LogP contribution in [0.4, 0.5) is 4.79 Å². The molecule has 1 heterocycles. The Balaban J connectivity index is 2.38. The summed E-state index contributed by atoms with van der Waals surface area (Å²) >= 11 is 1.69. The minimum Gasteiger partial charge on any atom is -0.481 e. The van der Waals surface area contributed by atoms with E-state index in [0.29, 0.717) is 31.3 Å². The van der Waals surface area contributed by atoms with Gasteiger partial charge in [-0.05, 0) is 19.1 Å². The van der Waals surface area contributed by atoms with Crippen LogP contribution in [-0.4, -0.2) is 53.1 Å². The highest BCUT2D eigenvalue weighted by Gasteiger charge is 2.27. The number of hydrogen-bond acceptors (Lipinski definition) is 3. The average molecular weight is 260 g/mol. The number of urea groups is 1. The van der Waals surface area contributed by atoms with E-state index >= 15 is 0 Å². The van der Waals surface area contributed by atoms with E-state index in [9.17, 15) is 9.59 Å². The lowest BCUT2D eigenvalue weighted by molar-refractivity contribution is -0.143. The van der Waals surface area contributed by atoms with Crippen LogP contribution in [0.5, 0.6) is 0 Å². The first-order chi connectivity index (χ1) is 8.04. The van der Waals surface area contributed by atoms with Gasteiger partial charge in [0.25, 0.3) is 0 Å². The van der Waals surface area contributed by atoms with Crippen LogP contribution in [0, 0.1) is 5.92 Å². The van der Waals surface area contributed by atoms with Gasteiger partial charge in [0.2, 0.25) is 0 Å². The van der Waals surface area contributed by atoms with Crippen molar-refractivity contribution in [1.29, 1.82) is 0 Å². The Labute approximate surface area is 106 Å². The number of piperidine rings is 1. The zero-order valence-corrected chi connectivity index (χ0v) is 11.1. The summed E-state index contributed by atoms with van der Waals surface area (Å²) in [5, 5.41) is 12.1. The third-order valence-corrected chi connectivity index (χ3v) is 3.97. The Kier molecular flexibility index (Phi) is 5.61. The number of hydrogen-bond donors (Lipinski definition) is 2. The predicted molar refractivity (Wildman–Crippen MR) is 68.3 cm³/mol. The minimum absolute atomic E-state index is 0.142. The zero-order valence-electron chi connectivity index (χ0n) is 10.3. The number of carbonyl (C=O) groups is 2. The molecule has 0 spiro atoms. The van der Waals surface area contributed by atoms with Crippen molar-refractivity contribution < 1.29 is 14.7 Å². The van der Waals surface area contributed by atoms with Gasteiger partial charge in [-0.2, -0.15) is 11.8 Å². The van der Waals surface area contributed by atoms with E-state index in [0.717, 1.165) is 6.42 Å². The molecule has 1 aliphatic rings. The minimum atomic E-state index is -0.806. The van der Waals surface area contributed by atoms with Crippen molar-refractivity contribution >= 4 is 23.8 Å². The Hall–Kier alpha value is -0.910. The van der Waals surface area contributed by atoms with Crippen LogP contribution < -0.4 is 5.32 Å². The summed E-state index contributed by atoms with van der Waals surface area (Å²) in [6, 6.07) is -0.142. The fourth-order valence-corrected chi connectivity index (χ4v) is 2.04. The van der Waals surface area contributed by atoms with Gasteiger partial charge in [-0.1, -0.05) is 6.92 Å². The predicted octanol–water partition coefficient (Wildman–Crippen LogP) is 1.24. The van der Waals surface area contributed by atoms with Gasteiger partial charge in [-0.15, -0.1) is 0 Å². The van der Waals surface area contributed by atoms with E-state index in [2.05, 4.69) is 5.32 Å². The molecule has 1 aliphatic heterocycles. The van der Waals surface area contributed by atoms with E-state index in [4.69, 9.17) is 5.11 Å². The highest BCUT2D eigenvalue weighted by Crippen LogP contribution is 2.16. The lowest BCUT2D eigenvalue weighted by Gasteiger charge is -2.31. The molecule has 0 aromatic carbocycles. The normalized spacial score (nSPS) is 22.0. The molecule has 1 saturated heterocycles. The van der Waals surface area contributed by atoms with Crippen molar-refractivity contribution in [2.45, 2.75) is 25.0 Å². The second-order valence-electron chi connectivity index (χ2n) is 4.36. The number of amides is 2. The molecule has 0 aromatic heterocycles. The van der Waals surface area contributed by atoms with E-state index in [1.54, 1.807) is 16.7 Å². The fraction of sp³-hybridized carbons (Fsp3) is 0.818. The molecule has 2 N–H and O–H groups in total. The quantitative estimate of drug-likeness (QED) is 0.798. The van der Waals surface area contributed by atoms with Crippen LogP contribution in [0.3, 0.4) is 0 Å². The summed E-state index contributed by atoms with van der Waals surface area (Å²) < 4.78 is 0. The summed E-state index contributed by atoms with van der Waals surface area (Å²) in [6.07, 6.45) is 3.43. The summed E-state index contributed by atoms with van der Waals surface area (Å²) in [5.41, 5.74) is 0. The van der Waals surface area contributed by atoms with Crippen LogP contribution in [0.1, 0.15) is 19.8 Å². The highest BCUT2D eigenvalue weighted by atomic mass is 32.2. The number of aliphatic carboxylic acids is 1. The first-order valence-electron chi connectivity index (χ1n) is 5.83. The van der Waals surface area contributed by atoms with Crippen LogP contribution in [0.2, 0.25) is 0 Å². The van der Waals surface area contributed by atoms with Gasteiger partial charge >= 0.3 is 12.0 Å². The molecule has 5 nitrogen and oxygen atoms in total. The lowest BCUT2D eigenvalue weighted by Crippen LogP contribution is -2.48. The smallest absolute Gasteiger partial charge is 0.317 e. The average Bonchev–Trinajstić information content (AvgIpc) is 2.35. The molecule has 0 saturated carbocycles. The molecule has 0 aromatic rings. The fourth-order valence-electron chi connectivity index (χ4n) is 1.79. The molecule has 6 heteroatoms. The van der Waals surface area contributed by atoms with Gasteiger partial charge in [0.05, 0.1) is 5.92 Å². The van der Waals surface area contributed by atoms with E-state index in [1.807, 2.05) is 13.2 Å². The number of carboxylic acid groups (broad SMARTS) is 1. The Morgan fingerprint density at radius 1 is 1.59 bits per heavy atom. The summed E-state index contributed by atoms with van der Waals surface area (Å²) in [5.74, 6) is -1.22. The number of rotatable bonds is 4. The molecule has 0 radical (unpaired) electrons. The van der Waals surface area contributed by atoms with Gasteiger partial charge in [-0.3, -0.25) is 4.79 Å². The third kappa shape index (κ3) is 4.46. The maximum Gasteiger partial charge on any atom is 0.317 e. The van der Waals surface area contributed by atoms with E-state index in [1.165, 1.54) is 0 Å². The Bertz CT molecular complexity index is 286. The zero-order chi connectivity index (χ0) is 12.8. The number of nitrogens with zero attached hydrogens (tertiary/aromatic N) is 1. The molecule has 1 unspecified atom stereocenters. The molecular formula is C11H20N2O3S. The number of carboxylic acids is 1. The van der Waals surface area contributed by atoms with Crippen LogP contribution in [-0.2, 0) is 4.79 Å². The standard InChI is InChI=1S/C11H20N2O3S/c1-8(17-2)6-12-11(16)13-5-3-4-9(7-13)10(14)15/h8-9H,3-7H2,1-2H3,(H,12,16)(H,14,15)/t8?,9-/m0/s1. The van der Waals surface area contributed by atoms with Gasteiger partial charge in [0, 0.05) is 24.9 Å². The van der Waals surface area contributed by atoms with Crippen molar-refractivity contribution in [3.8, 4) is 0 Å². The van der Waals surface area contributed by atoms with Gasteiger partial charge < -0.3 is 15.3 Å². The number of carbonyl (C=O) groups excluding carboxylic acids is 1. The molecule has 0 aliphatic carbocycles. The van der Waals surface area contributed by atoms with Crippen LogP contribution in [0.25, 0.3) is 0 Å². The number of nitrogens with one attached hydrogen (secondary N) is 1. The maximum absolute atomic E-state index is 11.8. The van der Waals surface area contributed by atoms with Crippen molar-refractivity contribution in [2.24, 2.45) is 5.92 Å². The second-order valence-corrected chi connectivity index (χ2v) is 5.63. The Morgan fingerprint density at radius 2 is 2.29 bits per heavy atom. The summed E-state index contributed by atoms with van der Waals surface area (Å²) in [7, 11) is 0. The third-order valence-electron chi connectivity index (χ3n) is 3.00. The molecule has 17 heavy (non-hydrogen) atoms. The summed E-state index contributed by atoms with van der Waals surface area (Å²) in [4.78, 5) is 24.3. The SMILES string of the molecule is CSC(C)CNC(=O)N1CCC[C@H](C(=O)O)C1. The number of likely N-dealkylation sites (tertiary alicyclic amines) is 1. The molecule has 2 atom stereocenters. The molecule has 98 valence electrons. The Morgan fingerprint density at radius 3 is 2.88 bits per heavy atom. The first kappa shape index (κ1) is 14.2. The van der Waals surface area contributed by atoms with Crippen LogP contribution >= 0.6 is 11.8 Å². The molecule has 2 amide bonds. The van der Waals surface area contributed by atoms with E-state index < -0.39 is 11.9 Å². The lowest BCUT2D eigenvalue weighted by atomic mass is 9.99. The topological polar surface area (TPSA) is 69.6 Å². The molecule has 1 fully saturated rings. The van der Waals surface area contributed by atoms with Gasteiger partial charge in [0.15, 0.2) is 0 Å². The largest absolute Gasteiger partial charge is 0.481 e. The van der Waals surface area contributed by atoms with Gasteiger partial charge in [0.1, 0.15) is 0 Å². The number of thioether (sulfide) groups is 1. The summed E-state index contributed by atoms with van der Waals surface area (Å²) in [6.45, 7) is 3.65. The highest BCUT2D eigenvalue weighted by molar-refractivity contribution is 7.99. The molecule has 1 rings (SSSR count). The van der Waals surface area contributed by atoms with Crippen molar-refractivity contribution in [3.63, 3.8) is 0 Å². The first-order valence-corrected chi connectivity index (χ1v) is 7.11. The molecule has 0 bridgehead atoms. The van der Waals surface area contributed by atoms with Gasteiger partial charge in [-0.25, -0.2) is 4.79 Å². The van der Waals surface area contributed by atoms with Crippen LogP contribution in [0.15, 0.2) is 0 Å². The monoisotopic (exact) mass is 260 g/mol. The van der Waals surface area contributed by atoms with Crippen molar-refractivity contribution in [3.05, 3.63) is 0 Å². The van der Waals surface area contributed by atoms with Crippen molar-refractivity contribution in [1.82, 2.24) is 10.2 Å².